The number of aryl methyl sites for hydroxylation is 1. The third-order valence-electron chi connectivity index (χ3n) is 7.56. The molecule has 6 nitrogen and oxygen atoms in total. The first kappa shape index (κ1) is 25.3. The van der Waals surface area contributed by atoms with Crippen LogP contribution in [0.1, 0.15) is 113 Å². The summed E-state index contributed by atoms with van der Waals surface area (Å²) in [6.45, 7) is 6.80. The van der Waals surface area contributed by atoms with Gasteiger partial charge in [0.05, 0.1) is 12.0 Å². The van der Waals surface area contributed by atoms with Crippen molar-refractivity contribution >= 4 is 0 Å². The number of rotatable bonds is 9. The average Bonchev–Trinajstić information content (AvgIpc) is 3.16. The number of hydrogen-bond acceptors (Lipinski definition) is 5. The Morgan fingerprint density at radius 2 is 2.00 bits per heavy atom. The van der Waals surface area contributed by atoms with Crippen LogP contribution in [-0.4, -0.2) is 9.72 Å². The molecule has 0 aliphatic heterocycles. The summed E-state index contributed by atoms with van der Waals surface area (Å²) in [7, 11) is 0. The highest BCUT2D eigenvalue weighted by Crippen LogP contribution is 2.43. The SMILES string of the molecule is CCC1=C(CC/C=C\C(C)C)C(c2nc(=O)on2C2CCCCC2)c2ccc(CN=O)cc2CC1. The van der Waals surface area contributed by atoms with E-state index in [1.54, 1.807) is 0 Å². The second kappa shape index (κ2) is 11.8. The summed E-state index contributed by atoms with van der Waals surface area (Å²) in [5.41, 5.74) is 6.16. The van der Waals surface area contributed by atoms with Crippen LogP contribution in [0.3, 0.4) is 0 Å². The lowest BCUT2D eigenvalue weighted by Gasteiger charge is -2.27. The summed E-state index contributed by atoms with van der Waals surface area (Å²) in [6, 6.07) is 6.45. The van der Waals surface area contributed by atoms with Gasteiger partial charge in [0.15, 0.2) is 5.82 Å². The molecule has 0 saturated heterocycles. The summed E-state index contributed by atoms with van der Waals surface area (Å²) in [5.74, 6) is 0.661. The molecular weight excluding hydrogens is 438 g/mol. The van der Waals surface area contributed by atoms with Gasteiger partial charge in [-0.3, -0.25) is 0 Å². The van der Waals surface area contributed by atoms with Crippen molar-refractivity contribution in [3.05, 3.63) is 79.5 Å². The van der Waals surface area contributed by atoms with Gasteiger partial charge in [0.2, 0.25) is 0 Å². The fourth-order valence-corrected chi connectivity index (χ4v) is 5.86. The van der Waals surface area contributed by atoms with E-state index in [9.17, 15) is 9.70 Å². The Hall–Kier alpha value is -2.76. The van der Waals surface area contributed by atoms with Gasteiger partial charge >= 0.3 is 5.76 Å². The van der Waals surface area contributed by atoms with Crippen LogP contribution >= 0.6 is 0 Å². The van der Waals surface area contributed by atoms with Gasteiger partial charge in [-0.1, -0.05) is 86.7 Å². The van der Waals surface area contributed by atoms with Crippen molar-refractivity contribution in [2.75, 3.05) is 0 Å². The molecule has 35 heavy (non-hydrogen) atoms. The highest BCUT2D eigenvalue weighted by molar-refractivity contribution is 5.47. The van der Waals surface area contributed by atoms with Crippen LogP contribution in [0.4, 0.5) is 0 Å². The van der Waals surface area contributed by atoms with E-state index in [2.05, 4.69) is 55.2 Å². The number of allylic oxidation sites excluding steroid dienone is 4. The number of nitrogens with zero attached hydrogens (tertiary/aromatic N) is 3. The van der Waals surface area contributed by atoms with Crippen LogP contribution in [0.25, 0.3) is 0 Å². The third kappa shape index (κ3) is 5.91. The molecule has 0 spiro atoms. The molecule has 2 aliphatic rings. The Kier molecular flexibility index (Phi) is 8.53. The van der Waals surface area contributed by atoms with Crippen molar-refractivity contribution in [2.45, 2.75) is 103 Å². The molecule has 0 amide bonds. The summed E-state index contributed by atoms with van der Waals surface area (Å²) < 4.78 is 7.62. The van der Waals surface area contributed by atoms with E-state index in [1.165, 1.54) is 28.7 Å². The first-order valence-electron chi connectivity index (χ1n) is 13.4. The molecular formula is C29H39N3O3. The van der Waals surface area contributed by atoms with Crippen molar-refractivity contribution in [3.8, 4) is 0 Å². The van der Waals surface area contributed by atoms with Crippen LogP contribution in [0.5, 0.6) is 0 Å². The third-order valence-corrected chi connectivity index (χ3v) is 7.56. The van der Waals surface area contributed by atoms with E-state index in [-0.39, 0.29) is 18.5 Å². The van der Waals surface area contributed by atoms with Crippen molar-refractivity contribution in [1.82, 2.24) is 9.72 Å². The molecule has 4 rings (SSSR count). The first-order valence-corrected chi connectivity index (χ1v) is 13.4. The normalized spacial score (nSPS) is 19.4. The quantitative estimate of drug-likeness (QED) is 0.279. The number of aromatic nitrogens is 2. The summed E-state index contributed by atoms with van der Waals surface area (Å²) in [4.78, 5) is 28.0. The molecule has 2 aromatic rings. The van der Waals surface area contributed by atoms with Crippen molar-refractivity contribution in [2.24, 2.45) is 11.1 Å². The van der Waals surface area contributed by atoms with Crippen molar-refractivity contribution in [1.29, 1.82) is 0 Å². The minimum Gasteiger partial charge on any atom is -0.318 e. The predicted molar refractivity (Wildman–Crippen MR) is 140 cm³/mol. The molecule has 1 aromatic carbocycles. The highest BCUT2D eigenvalue weighted by atomic mass is 16.5. The van der Waals surface area contributed by atoms with E-state index in [4.69, 9.17) is 4.52 Å². The summed E-state index contributed by atoms with van der Waals surface area (Å²) in [5, 5.41) is 3.10. The monoisotopic (exact) mass is 477 g/mol. The molecule has 0 N–H and O–H groups in total. The van der Waals surface area contributed by atoms with E-state index in [0.717, 1.165) is 69.2 Å². The zero-order valence-electron chi connectivity index (χ0n) is 21.5. The Bertz CT molecular complexity index is 1130. The molecule has 1 heterocycles. The molecule has 0 radical (unpaired) electrons. The van der Waals surface area contributed by atoms with Crippen LogP contribution < -0.4 is 5.76 Å². The zero-order chi connectivity index (χ0) is 24.8. The molecule has 1 atom stereocenters. The maximum atomic E-state index is 12.6. The highest BCUT2D eigenvalue weighted by Gasteiger charge is 2.33. The van der Waals surface area contributed by atoms with Crippen LogP contribution in [0.15, 0.2) is 56.0 Å². The number of benzene rings is 1. The molecule has 2 aliphatic carbocycles. The zero-order valence-corrected chi connectivity index (χ0v) is 21.5. The lowest BCUT2D eigenvalue weighted by atomic mass is 9.83. The maximum Gasteiger partial charge on any atom is 0.459 e. The second-order valence-electron chi connectivity index (χ2n) is 10.4. The van der Waals surface area contributed by atoms with E-state index in [0.29, 0.717) is 5.92 Å². The van der Waals surface area contributed by atoms with E-state index >= 15 is 0 Å². The van der Waals surface area contributed by atoms with Gasteiger partial charge in [-0.05, 0) is 67.6 Å². The van der Waals surface area contributed by atoms with Gasteiger partial charge in [0, 0.05) is 0 Å². The minimum absolute atomic E-state index is 0.110. The number of fused-ring (bicyclic) bond motifs is 1. The molecule has 0 bridgehead atoms. The Balaban J connectivity index is 1.84. The number of nitroso groups, excluding NO2 is 1. The van der Waals surface area contributed by atoms with Gasteiger partial charge in [-0.25, -0.2) is 4.79 Å². The lowest BCUT2D eigenvalue weighted by Crippen LogP contribution is -2.19. The average molecular weight is 478 g/mol. The Morgan fingerprint density at radius 1 is 1.20 bits per heavy atom. The Morgan fingerprint density at radius 3 is 2.71 bits per heavy atom. The fourth-order valence-electron chi connectivity index (χ4n) is 5.86. The fraction of sp³-hybridized carbons (Fsp3) is 0.586. The van der Waals surface area contributed by atoms with Gasteiger partial charge in [0.25, 0.3) is 0 Å². The first-order chi connectivity index (χ1) is 17.0. The summed E-state index contributed by atoms with van der Waals surface area (Å²) >= 11 is 0. The molecule has 1 saturated carbocycles. The van der Waals surface area contributed by atoms with E-state index < -0.39 is 5.76 Å². The van der Waals surface area contributed by atoms with Crippen molar-refractivity contribution in [3.63, 3.8) is 0 Å². The lowest BCUT2D eigenvalue weighted by molar-refractivity contribution is 0.163. The topological polar surface area (TPSA) is 77.5 Å². The Labute approximate surface area is 208 Å². The van der Waals surface area contributed by atoms with E-state index in [1.807, 2.05) is 10.8 Å². The molecule has 1 aromatic heterocycles. The van der Waals surface area contributed by atoms with Gasteiger partial charge in [-0.15, -0.1) is 0 Å². The van der Waals surface area contributed by atoms with Crippen LogP contribution in [0.2, 0.25) is 0 Å². The predicted octanol–water partition coefficient (Wildman–Crippen LogP) is 7.39. The molecule has 1 fully saturated rings. The maximum absolute atomic E-state index is 12.6. The van der Waals surface area contributed by atoms with Crippen molar-refractivity contribution < 1.29 is 4.52 Å². The largest absolute Gasteiger partial charge is 0.459 e. The molecule has 188 valence electrons. The standard InChI is InChI=1S/C29H39N3O3/c1-4-22-15-16-23-18-21(19-30-34)14-17-26(23)27(25(22)13-9-8-10-20(2)3)28-31-29(33)35-32(28)24-11-6-5-7-12-24/h8,10,14,17-18,20,24,27H,4-7,9,11-13,15-16,19H2,1-3H3/b10-8-. The van der Waals surface area contributed by atoms with Gasteiger partial charge in [0.1, 0.15) is 6.54 Å². The summed E-state index contributed by atoms with van der Waals surface area (Å²) in [6.07, 6.45) is 14.9. The van der Waals surface area contributed by atoms with Gasteiger partial charge in [-0.2, -0.15) is 14.6 Å². The van der Waals surface area contributed by atoms with Crippen LogP contribution in [0, 0.1) is 10.8 Å². The number of hydrogen-bond donors (Lipinski definition) is 0. The molecule has 1 unspecified atom stereocenters. The molecule has 6 heteroatoms. The van der Waals surface area contributed by atoms with Crippen LogP contribution in [-0.2, 0) is 13.0 Å². The smallest absolute Gasteiger partial charge is 0.318 e. The minimum atomic E-state index is -0.504. The van der Waals surface area contributed by atoms with Gasteiger partial charge < -0.3 is 4.52 Å². The second-order valence-corrected chi connectivity index (χ2v) is 10.4.